The number of rotatable bonds is 3. The lowest BCUT2D eigenvalue weighted by molar-refractivity contribution is -0.127. The van der Waals surface area contributed by atoms with Crippen molar-refractivity contribution in [2.45, 2.75) is 43.6 Å². The number of phenolic OH excluding ortho intramolecular Hbond substituents is 1. The van der Waals surface area contributed by atoms with Gasteiger partial charge in [0.05, 0.1) is 6.61 Å². The predicted molar refractivity (Wildman–Crippen MR) is 94.9 cm³/mol. The summed E-state index contributed by atoms with van der Waals surface area (Å²) in [7, 11) is 1.76. The second kappa shape index (κ2) is 6.66. The lowest BCUT2D eigenvalue weighted by Gasteiger charge is -2.58. The van der Waals surface area contributed by atoms with Crippen molar-refractivity contribution in [3.05, 3.63) is 29.3 Å². The van der Waals surface area contributed by atoms with Gasteiger partial charge in [-0.3, -0.25) is 9.69 Å². The van der Waals surface area contributed by atoms with Crippen molar-refractivity contribution in [1.29, 1.82) is 0 Å². The summed E-state index contributed by atoms with van der Waals surface area (Å²) in [6, 6.07) is 6.29. The Labute approximate surface area is 149 Å². The van der Waals surface area contributed by atoms with E-state index in [1.54, 1.807) is 13.2 Å². The number of ether oxygens (including phenoxy) is 1. The van der Waals surface area contributed by atoms with Crippen LogP contribution >= 0.6 is 12.4 Å². The molecule has 1 aromatic carbocycles. The van der Waals surface area contributed by atoms with Gasteiger partial charge in [-0.15, -0.1) is 12.4 Å². The number of nitrogens with zero attached hydrogens (tertiary/aromatic N) is 1. The first-order valence-corrected chi connectivity index (χ1v) is 8.71. The quantitative estimate of drug-likeness (QED) is 0.909. The number of hydrogen-bond acceptors (Lipinski definition) is 4. The van der Waals surface area contributed by atoms with Gasteiger partial charge in [0.25, 0.3) is 0 Å². The van der Waals surface area contributed by atoms with Gasteiger partial charge in [0, 0.05) is 38.0 Å². The third-order valence-corrected chi connectivity index (χ3v) is 6.38. The van der Waals surface area contributed by atoms with Crippen LogP contribution in [-0.4, -0.2) is 48.6 Å². The van der Waals surface area contributed by atoms with Gasteiger partial charge in [0.1, 0.15) is 11.5 Å². The average molecular weight is 352 g/mol. The Kier molecular flexibility index (Phi) is 4.92. The Morgan fingerprint density at radius 2 is 2.25 bits per heavy atom. The van der Waals surface area contributed by atoms with Crippen LogP contribution in [0, 0.1) is 5.92 Å². The topological polar surface area (TPSA) is 49.8 Å². The van der Waals surface area contributed by atoms with Crippen LogP contribution in [0.25, 0.3) is 0 Å². The fraction of sp³-hybridized carbons (Fsp3) is 0.632. The highest BCUT2D eigenvalue weighted by molar-refractivity contribution is 5.85. The predicted octanol–water partition coefficient (Wildman–Crippen LogP) is 2.70. The van der Waals surface area contributed by atoms with Crippen molar-refractivity contribution in [3.8, 4) is 5.75 Å². The smallest absolute Gasteiger partial charge is 0.133 e. The molecule has 0 aromatic heterocycles. The number of phenols is 1. The molecule has 3 aliphatic rings. The van der Waals surface area contributed by atoms with Crippen LogP contribution in [0.3, 0.4) is 0 Å². The molecule has 5 heteroatoms. The minimum atomic E-state index is -0.0457. The molecule has 24 heavy (non-hydrogen) atoms. The number of likely N-dealkylation sites (tertiary alicyclic amines) is 1. The maximum Gasteiger partial charge on any atom is 0.133 e. The van der Waals surface area contributed by atoms with Crippen molar-refractivity contribution in [2.24, 2.45) is 5.92 Å². The van der Waals surface area contributed by atoms with E-state index in [2.05, 4.69) is 11.0 Å². The molecule has 3 atom stereocenters. The highest BCUT2D eigenvalue weighted by Gasteiger charge is 2.55. The summed E-state index contributed by atoms with van der Waals surface area (Å²) in [6.07, 6.45) is 4.40. The van der Waals surface area contributed by atoms with Crippen LogP contribution in [0.2, 0.25) is 0 Å². The van der Waals surface area contributed by atoms with Gasteiger partial charge in [-0.05, 0) is 55.0 Å². The summed E-state index contributed by atoms with van der Waals surface area (Å²) >= 11 is 0. The van der Waals surface area contributed by atoms with Crippen LogP contribution in [0.1, 0.15) is 36.8 Å². The number of Topliss-reactive ketones (excluding diaryl/α,β-unsaturated/α-hetero) is 1. The van der Waals surface area contributed by atoms with Crippen molar-refractivity contribution in [1.82, 2.24) is 4.90 Å². The van der Waals surface area contributed by atoms with Gasteiger partial charge in [-0.1, -0.05) is 6.07 Å². The number of benzene rings is 1. The molecule has 0 amide bonds. The molecule has 1 saturated carbocycles. The van der Waals surface area contributed by atoms with Crippen LogP contribution in [0.4, 0.5) is 0 Å². The molecule has 1 saturated heterocycles. The molecule has 0 radical (unpaired) electrons. The highest BCUT2D eigenvalue weighted by Crippen LogP contribution is 2.55. The molecule has 4 nitrogen and oxygen atoms in total. The molecule has 1 N–H and O–H groups in total. The van der Waals surface area contributed by atoms with Crippen molar-refractivity contribution in [3.63, 3.8) is 0 Å². The first kappa shape index (κ1) is 17.7. The van der Waals surface area contributed by atoms with Crippen LogP contribution in [0.15, 0.2) is 18.2 Å². The van der Waals surface area contributed by atoms with Crippen LogP contribution in [-0.2, 0) is 21.4 Å². The number of carbonyl (C=O) groups is 1. The Morgan fingerprint density at radius 1 is 1.42 bits per heavy atom. The third-order valence-electron chi connectivity index (χ3n) is 6.38. The molecule has 2 bridgehead atoms. The van der Waals surface area contributed by atoms with Gasteiger partial charge in [0.2, 0.25) is 0 Å². The van der Waals surface area contributed by atoms with E-state index in [1.165, 1.54) is 11.1 Å². The summed E-state index contributed by atoms with van der Waals surface area (Å²) < 4.78 is 5.29. The molecule has 1 heterocycles. The molecular formula is C19H26ClNO3. The van der Waals surface area contributed by atoms with E-state index in [0.29, 0.717) is 29.9 Å². The Balaban J connectivity index is 0.00000169. The summed E-state index contributed by atoms with van der Waals surface area (Å²) in [5, 5.41) is 9.99. The summed E-state index contributed by atoms with van der Waals surface area (Å²) in [6.45, 7) is 2.75. The van der Waals surface area contributed by atoms with Gasteiger partial charge in [0.15, 0.2) is 0 Å². The molecule has 1 aromatic rings. The molecule has 132 valence electrons. The number of halogens is 1. The minimum absolute atomic E-state index is 0. The number of carbonyl (C=O) groups excluding carboxylic acids is 1. The van der Waals surface area contributed by atoms with E-state index in [1.807, 2.05) is 6.07 Å². The lowest BCUT2D eigenvalue weighted by atomic mass is 9.52. The van der Waals surface area contributed by atoms with E-state index < -0.39 is 0 Å². The molecule has 0 spiro atoms. The number of methoxy groups -OCH3 is 1. The first-order chi connectivity index (χ1) is 11.1. The zero-order valence-corrected chi connectivity index (χ0v) is 15.0. The Morgan fingerprint density at radius 3 is 3.04 bits per heavy atom. The van der Waals surface area contributed by atoms with Crippen LogP contribution in [0.5, 0.6) is 5.75 Å². The maximum absolute atomic E-state index is 12.3. The zero-order valence-electron chi connectivity index (χ0n) is 14.2. The standard InChI is InChI=1S/C19H25NO3.ClH/c1-23-9-8-20-7-6-19-12-15(22)4-5-16(19)18(20)10-13-2-3-14(21)11-17(13)19;/h2-3,11,16,18,21H,4-10,12H2,1H3;1H/t16-,18+,19-;/m0./s1. The monoisotopic (exact) mass is 351 g/mol. The summed E-state index contributed by atoms with van der Waals surface area (Å²) in [5.74, 6) is 1.25. The van der Waals surface area contributed by atoms with E-state index in [0.717, 1.165) is 45.4 Å². The molecular weight excluding hydrogens is 326 g/mol. The number of hydrogen-bond donors (Lipinski definition) is 1. The molecule has 4 rings (SSSR count). The second-order valence-corrected chi connectivity index (χ2v) is 7.41. The number of ketones is 1. The van der Waals surface area contributed by atoms with Crippen molar-refractivity contribution in [2.75, 3.05) is 26.8 Å². The average Bonchev–Trinajstić information content (AvgIpc) is 2.54. The van der Waals surface area contributed by atoms with Gasteiger partial charge >= 0.3 is 0 Å². The maximum atomic E-state index is 12.3. The number of aromatic hydroxyl groups is 1. The lowest BCUT2D eigenvalue weighted by Crippen LogP contribution is -2.62. The summed E-state index contributed by atoms with van der Waals surface area (Å²) in [5.41, 5.74) is 2.52. The number of fused-ring (bicyclic) bond motifs is 1. The van der Waals surface area contributed by atoms with E-state index in [4.69, 9.17) is 4.74 Å². The molecule has 1 aliphatic heterocycles. The number of piperidine rings is 1. The third kappa shape index (κ3) is 2.65. The normalized spacial score (nSPS) is 31.8. The van der Waals surface area contributed by atoms with Crippen molar-refractivity contribution < 1.29 is 14.6 Å². The second-order valence-electron chi connectivity index (χ2n) is 7.41. The summed E-state index contributed by atoms with van der Waals surface area (Å²) in [4.78, 5) is 14.8. The Bertz CT molecular complexity index is 635. The first-order valence-electron chi connectivity index (χ1n) is 8.71. The molecule has 0 unspecified atom stereocenters. The fourth-order valence-electron chi connectivity index (χ4n) is 5.38. The molecule has 2 fully saturated rings. The van der Waals surface area contributed by atoms with Gasteiger partial charge in [-0.25, -0.2) is 0 Å². The van der Waals surface area contributed by atoms with E-state index >= 15 is 0 Å². The zero-order chi connectivity index (χ0) is 16.0. The van der Waals surface area contributed by atoms with E-state index in [-0.39, 0.29) is 17.8 Å². The van der Waals surface area contributed by atoms with Gasteiger partial charge < -0.3 is 9.84 Å². The molecule has 2 aliphatic carbocycles. The van der Waals surface area contributed by atoms with Gasteiger partial charge in [-0.2, -0.15) is 0 Å². The Hall–Kier alpha value is -1.10. The van der Waals surface area contributed by atoms with Crippen molar-refractivity contribution >= 4 is 18.2 Å². The SMILES string of the molecule is COCCN1CC[C@]23CC(=O)CC[C@H]2[C@H]1Cc1ccc(O)cc13.Cl. The van der Waals surface area contributed by atoms with Crippen LogP contribution < -0.4 is 0 Å². The highest BCUT2D eigenvalue weighted by atomic mass is 35.5. The fourth-order valence-corrected chi connectivity index (χ4v) is 5.38. The van der Waals surface area contributed by atoms with E-state index in [9.17, 15) is 9.90 Å². The minimum Gasteiger partial charge on any atom is -0.508 e. The largest absolute Gasteiger partial charge is 0.508 e.